The molecule has 540 valence electrons. The van der Waals surface area contributed by atoms with Gasteiger partial charge in [-0.3, -0.25) is 28.7 Å². The molecule has 1 spiro atoms. The number of nitrogens with zero attached hydrogens (tertiary/aromatic N) is 6. The second kappa shape index (κ2) is 30.9. The number of rotatable bonds is 20. The maximum atomic E-state index is 14.7. The predicted octanol–water partition coefficient (Wildman–Crippen LogP) is 4.87. The fourth-order valence-electron chi connectivity index (χ4n) is 17.8. The molecule has 0 radical (unpaired) electrons. The number of piperidine rings is 2. The summed E-state index contributed by atoms with van der Waals surface area (Å²) >= 11 is 5.05. The fraction of sp³-hybridized carbons (Fsp3) is 0.789. The average Bonchev–Trinajstić information content (AvgIpc) is 1.55. The molecule has 12 fully saturated rings. The van der Waals surface area contributed by atoms with Crippen LogP contribution in [-0.2, 0) is 73.1 Å². The van der Waals surface area contributed by atoms with Crippen molar-refractivity contribution in [2.45, 2.75) is 283 Å². The Morgan fingerprint density at radius 2 is 1.56 bits per heavy atom. The van der Waals surface area contributed by atoms with E-state index in [0.717, 1.165) is 87.6 Å². The number of fused-ring (bicyclic) bond motifs is 6. The minimum atomic E-state index is -1.37. The number of ether oxygens (including phenoxy) is 9. The summed E-state index contributed by atoms with van der Waals surface area (Å²) in [5, 5.41) is 32.0. The summed E-state index contributed by atoms with van der Waals surface area (Å²) in [7, 11) is 3.72. The summed E-state index contributed by atoms with van der Waals surface area (Å²) in [6.07, 6.45) is 11.6. The highest BCUT2D eigenvalue weighted by atomic mass is 32.1. The van der Waals surface area contributed by atoms with Gasteiger partial charge in [-0.25, -0.2) is 4.98 Å². The smallest absolute Gasteiger partial charge is 0.246 e. The highest BCUT2D eigenvalue weighted by molar-refractivity contribution is 7.71. The van der Waals surface area contributed by atoms with Gasteiger partial charge in [-0.1, -0.05) is 45.6 Å². The lowest BCUT2D eigenvalue weighted by molar-refractivity contribution is -0.292. The first-order valence-electron chi connectivity index (χ1n) is 36.6. The van der Waals surface area contributed by atoms with E-state index < -0.39 is 84.2 Å². The van der Waals surface area contributed by atoms with E-state index in [0.29, 0.717) is 87.5 Å². The summed E-state index contributed by atoms with van der Waals surface area (Å²) in [5.41, 5.74) is 2.13. The minimum Gasteiger partial charge on any atom is -0.391 e. The molecule has 12 aliphatic heterocycles. The van der Waals surface area contributed by atoms with Gasteiger partial charge in [0.05, 0.1) is 79.9 Å². The van der Waals surface area contributed by atoms with Crippen molar-refractivity contribution in [3.63, 3.8) is 0 Å². The number of carbonyl (C=O) groups is 5. The zero-order chi connectivity index (χ0) is 68.6. The molecule has 2 aromatic heterocycles. The summed E-state index contributed by atoms with van der Waals surface area (Å²) in [4.78, 5) is 82.8. The van der Waals surface area contributed by atoms with Gasteiger partial charge in [-0.15, -0.1) is 5.10 Å². The molecule has 4 amide bonds. The number of carbonyl (C=O) groups excluding carboxylic acids is 5. The molecule has 2 unspecified atom stereocenters. The molecular formula is C71H105N11O15S. The average molecular weight is 1380 g/mol. The number of hydrogen-bond donors (Lipinski definition) is 6. The largest absolute Gasteiger partial charge is 0.391 e. The van der Waals surface area contributed by atoms with E-state index in [1.165, 1.54) is 0 Å². The molecule has 12 aliphatic rings. The van der Waals surface area contributed by atoms with Crippen molar-refractivity contribution in [1.82, 2.24) is 56.0 Å². The topological polar surface area (TPSA) is 303 Å². The lowest BCUT2D eigenvalue weighted by Crippen LogP contribution is -2.67. The van der Waals surface area contributed by atoms with Gasteiger partial charge in [0.2, 0.25) is 23.6 Å². The number of aliphatic hydroxyl groups excluding tert-OH is 1. The number of Topliss-reactive ketones (excluding diaryl/α,β-unsaturated/α-hetero) is 1. The molecule has 14 heterocycles. The molecule has 26 nitrogen and oxygen atoms in total. The van der Waals surface area contributed by atoms with Crippen LogP contribution in [0.1, 0.15) is 156 Å². The van der Waals surface area contributed by atoms with Crippen LogP contribution in [0.3, 0.4) is 0 Å². The lowest BCUT2D eigenvalue weighted by Gasteiger charge is -2.47. The number of aliphatic hydroxyl groups is 1. The molecule has 98 heavy (non-hydrogen) atoms. The molecule has 12 saturated heterocycles. The normalized spacial score (nSPS) is 36.5. The van der Waals surface area contributed by atoms with Crippen LogP contribution in [0.2, 0.25) is 0 Å². The van der Waals surface area contributed by atoms with Crippen molar-refractivity contribution in [3.05, 3.63) is 47.7 Å². The van der Waals surface area contributed by atoms with E-state index in [1.807, 2.05) is 20.0 Å². The zero-order valence-corrected chi connectivity index (χ0v) is 58.6. The Morgan fingerprint density at radius 3 is 2.34 bits per heavy atom. The predicted molar refractivity (Wildman–Crippen MR) is 359 cm³/mol. The van der Waals surface area contributed by atoms with Crippen LogP contribution in [0.5, 0.6) is 0 Å². The van der Waals surface area contributed by atoms with Gasteiger partial charge in [-0.2, -0.15) is 0 Å². The number of ketones is 1. The van der Waals surface area contributed by atoms with Gasteiger partial charge in [0.1, 0.15) is 53.6 Å². The van der Waals surface area contributed by atoms with Gasteiger partial charge in [0.25, 0.3) is 0 Å². The fourth-order valence-corrected chi connectivity index (χ4v) is 17.9. The molecule has 0 aliphatic carbocycles. The third-order valence-corrected chi connectivity index (χ3v) is 23.6. The van der Waals surface area contributed by atoms with E-state index in [-0.39, 0.29) is 117 Å². The summed E-state index contributed by atoms with van der Waals surface area (Å²) < 4.78 is 63.3. The summed E-state index contributed by atoms with van der Waals surface area (Å²) in [6.45, 7) is 18.0. The monoisotopic (exact) mass is 1380 g/mol. The number of H-pyrrole nitrogens is 1. The van der Waals surface area contributed by atoms with Gasteiger partial charge in [-0.05, 0) is 139 Å². The standard InChI is InChI=1S/C71H105N11O15S/c1-39(2)60(76-58(85)11-9-8-10-22-82-38-51(78-79-82)43-34-74-69(98)75-35-43)67(87)77-70(20-25-81(26-21-70)44-17-23-80(6)24-18-44)68(88)73-37-59(86)72-36-46(84)31-56-61(89-7)50-30-45(83)29-48-13-15-53-62(92-48)66-65-64(94-53)63-57(95-65)33-71(96-63,97-66)19-16-49-28-41(4)52(90-49)14-12-47-27-40(3)42(5)54(91-47)32-55(50)93-56/h34-35,38-40,44,46-50,52-57,60-66,84H,4-5,8-33,36-37H2,1-3,6-7H3,(H,72,86)(H,73,88)(H,76,85)(H,77,87)(H,74,75,98)/t40-,46+,47+,48-,49+,50+,52?,53+,54-,55+,56-,57?,60+,61-,62+,63+,64+,65-,66+,71+/m1/s1. The van der Waals surface area contributed by atoms with Crippen LogP contribution in [0, 0.1) is 22.5 Å². The number of amides is 4. The number of aryl methyl sites for hydroxylation is 1. The van der Waals surface area contributed by atoms with Crippen molar-refractivity contribution in [1.29, 1.82) is 0 Å². The number of unbranched alkanes of at least 4 members (excludes halogenated alkanes) is 2. The molecule has 20 atom stereocenters. The molecule has 2 aromatic rings. The van der Waals surface area contributed by atoms with Crippen LogP contribution in [-0.4, -0.2) is 244 Å². The molecule has 14 rings (SSSR count). The summed E-state index contributed by atoms with van der Waals surface area (Å²) in [6, 6.07) is -0.574. The quantitative estimate of drug-likeness (QED) is 0.0585. The van der Waals surface area contributed by atoms with Gasteiger partial charge in [0, 0.05) is 108 Å². The first-order chi connectivity index (χ1) is 47.2. The van der Waals surface area contributed by atoms with Crippen LogP contribution in [0.4, 0.5) is 0 Å². The van der Waals surface area contributed by atoms with E-state index in [4.69, 9.17) is 54.8 Å². The Morgan fingerprint density at radius 1 is 0.806 bits per heavy atom. The van der Waals surface area contributed by atoms with Crippen LogP contribution >= 0.6 is 12.2 Å². The van der Waals surface area contributed by atoms with Crippen molar-refractivity contribution in [3.8, 4) is 11.3 Å². The van der Waals surface area contributed by atoms with Crippen molar-refractivity contribution >= 4 is 41.6 Å². The highest BCUT2D eigenvalue weighted by Crippen LogP contribution is 2.55. The summed E-state index contributed by atoms with van der Waals surface area (Å²) in [5.74, 6) is -3.17. The van der Waals surface area contributed by atoms with Crippen molar-refractivity contribution in [2.75, 3.05) is 53.4 Å². The Kier molecular flexibility index (Phi) is 22.5. The Bertz CT molecular complexity index is 3230. The van der Waals surface area contributed by atoms with E-state index in [1.54, 1.807) is 24.2 Å². The first-order valence-corrected chi connectivity index (χ1v) is 37.0. The van der Waals surface area contributed by atoms with Crippen LogP contribution in [0.15, 0.2) is 42.9 Å². The second-order valence-electron chi connectivity index (χ2n) is 30.6. The second-order valence-corrected chi connectivity index (χ2v) is 31.0. The first kappa shape index (κ1) is 71.4. The van der Waals surface area contributed by atoms with Gasteiger partial charge in [0.15, 0.2) is 10.6 Å². The molecule has 27 heteroatoms. The number of aromatic amines is 1. The zero-order valence-electron chi connectivity index (χ0n) is 57.8. The Balaban J connectivity index is 0.630. The maximum absolute atomic E-state index is 14.7. The third-order valence-electron chi connectivity index (χ3n) is 23.4. The van der Waals surface area contributed by atoms with E-state index in [9.17, 15) is 29.1 Å². The van der Waals surface area contributed by atoms with Crippen LogP contribution < -0.4 is 21.3 Å². The number of aromatic nitrogens is 5. The van der Waals surface area contributed by atoms with E-state index in [2.05, 4.69) is 78.5 Å². The number of nitrogens with one attached hydrogen (secondary N) is 5. The van der Waals surface area contributed by atoms with Crippen molar-refractivity contribution < 1.29 is 71.7 Å². The van der Waals surface area contributed by atoms with Crippen LogP contribution in [0.25, 0.3) is 11.3 Å². The SMILES string of the molecule is C=C1C[C@@H]2CC[C@@]34CC5O[C@H]6[C@@H](O3)[C@H]3O[C@H](CC[C@@H]3O[C@H]6[C@H]5O4)CC(=O)C[C@@H]3[C@@H](OC)[C@@H](C[C@H](O)CNC(=O)CNC(=O)C4(NC(=O)[C@@H](NC(=O)CCCCCn5cc(-c6cnc(=S)[nH]c6)nn5)C(C)C)CCN(C5CCN(C)CC5)CC4)O[C@H]3C[C@H]3O[C@@H](CCC1O2)C[C@@H](C)C3=C. The van der Waals surface area contributed by atoms with Gasteiger partial charge >= 0.3 is 0 Å². The Labute approximate surface area is 580 Å². The van der Waals surface area contributed by atoms with E-state index >= 15 is 0 Å². The molecule has 6 N–H and O–H groups in total. The molecule has 0 saturated carbocycles. The molecule has 12 bridgehead atoms. The van der Waals surface area contributed by atoms with Crippen molar-refractivity contribution in [2.24, 2.45) is 17.8 Å². The lowest BCUT2D eigenvalue weighted by atomic mass is 9.81. The maximum Gasteiger partial charge on any atom is 0.246 e. The molecule has 0 aromatic carbocycles. The molecular weight excluding hydrogens is 1280 g/mol. The minimum absolute atomic E-state index is 0.00587. The Hall–Kier alpha value is -5.01. The third kappa shape index (κ3) is 16.1. The van der Waals surface area contributed by atoms with Gasteiger partial charge < -0.3 is 83.8 Å². The number of methoxy groups -OCH3 is 1. The highest BCUT2D eigenvalue weighted by Gasteiger charge is 2.69. The number of likely N-dealkylation sites (tertiary alicyclic amines) is 2. The number of hydrogen-bond acceptors (Lipinski definition) is 21.